The average Bonchev–Trinajstić information content (AvgIpc) is 3.62. The van der Waals surface area contributed by atoms with Gasteiger partial charge in [-0.25, -0.2) is 0 Å². The summed E-state index contributed by atoms with van der Waals surface area (Å²) >= 11 is 0. The minimum Gasteiger partial charge on any atom is -0.756 e. The van der Waals surface area contributed by atoms with Gasteiger partial charge >= 0.3 is 41.5 Å². The molecule has 4 atom stereocenters. The fourth-order valence-electron chi connectivity index (χ4n) is 6.82. The molecule has 1 aliphatic rings. The first kappa shape index (κ1) is 55.9. The van der Waals surface area contributed by atoms with Gasteiger partial charge in [0.05, 0.1) is 25.4 Å². The largest absolute Gasteiger partial charge is 1.00 e. The molecule has 1 saturated heterocycles. The number of nitrogens with zero attached hydrogens (tertiary/aromatic N) is 1. The van der Waals surface area contributed by atoms with Crippen LogP contribution in [0, 0.1) is 0 Å². The molecule has 326 valence electrons. The van der Waals surface area contributed by atoms with E-state index in [0.29, 0.717) is 19.8 Å². The standard InChI is InChI=1S/C43H84NO10P.Na/c1-5-8-10-12-14-15-16-17-18-19-20-24-28-32-42(45)49-36-39(37-53-55(47,48)52-35-34-44(4)7-3)54-43(46)33-29-25-21-23-27-31-41-40(50-38-51-41)30-26-22-13-11-9-6-2;/h39-41H,5-38H2,1-4H3,(H,47,48);/q;+1/p-1. The Kier molecular flexibility index (Phi) is 39.0. The average molecular weight is 828 g/mol. The molecule has 0 radical (unpaired) electrons. The summed E-state index contributed by atoms with van der Waals surface area (Å²) in [6, 6.07) is 0. The molecule has 0 bridgehead atoms. The molecule has 1 heterocycles. The number of unbranched alkanes of at least 4 members (excludes halogenated alkanes) is 21. The van der Waals surface area contributed by atoms with Crippen LogP contribution in [0.25, 0.3) is 0 Å². The summed E-state index contributed by atoms with van der Waals surface area (Å²) in [4.78, 5) is 39.5. The monoisotopic (exact) mass is 828 g/mol. The molecule has 1 aliphatic heterocycles. The topological polar surface area (TPSA) is 133 Å². The van der Waals surface area contributed by atoms with Crippen molar-refractivity contribution in [1.29, 1.82) is 0 Å². The van der Waals surface area contributed by atoms with Crippen molar-refractivity contribution in [3.05, 3.63) is 0 Å². The van der Waals surface area contributed by atoms with E-state index in [-0.39, 0.29) is 67.8 Å². The van der Waals surface area contributed by atoms with Crippen molar-refractivity contribution in [2.24, 2.45) is 0 Å². The number of phosphoric acid groups is 1. The van der Waals surface area contributed by atoms with Gasteiger partial charge in [0.2, 0.25) is 0 Å². The maximum absolute atomic E-state index is 12.7. The zero-order chi connectivity index (χ0) is 40.2. The number of hydrogen-bond acceptors (Lipinski definition) is 11. The number of rotatable bonds is 40. The number of ether oxygens (including phenoxy) is 4. The SMILES string of the molecule is CCCCCCCCCCCCCCCC(=O)OCC(COP(=O)([O-])OCCN(C)CC)OC(=O)CCCCCCCC1OCOC1CCCCCCCC.[Na+]. The van der Waals surface area contributed by atoms with Crippen LogP contribution in [-0.2, 0) is 42.1 Å². The van der Waals surface area contributed by atoms with Crippen molar-refractivity contribution >= 4 is 19.8 Å². The summed E-state index contributed by atoms with van der Waals surface area (Å²) in [5.74, 6) is -0.863. The van der Waals surface area contributed by atoms with E-state index < -0.39 is 32.5 Å². The van der Waals surface area contributed by atoms with E-state index in [9.17, 15) is 19.0 Å². The van der Waals surface area contributed by atoms with Crippen LogP contribution in [0.1, 0.15) is 201 Å². The molecule has 0 N–H and O–H groups in total. The number of carbonyl (C=O) groups excluding carboxylic acids is 2. The van der Waals surface area contributed by atoms with Gasteiger partial charge in [0.25, 0.3) is 7.82 Å². The zero-order valence-corrected chi connectivity index (χ0v) is 39.6. The Hall–Kier alpha value is -0.0700. The number of carbonyl (C=O) groups is 2. The molecule has 0 amide bonds. The number of esters is 2. The van der Waals surface area contributed by atoms with E-state index in [1.54, 1.807) is 0 Å². The van der Waals surface area contributed by atoms with E-state index in [1.807, 2.05) is 18.9 Å². The molecule has 56 heavy (non-hydrogen) atoms. The van der Waals surface area contributed by atoms with Gasteiger partial charge in [0.1, 0.15) is 13.4 Å². The van der Waals surface area contributed by atoms with Crippen LogP contribution in [0.2, 0.25) is 0 Å². The van der Waals surface area contributed by atoms with Gasteiger partial charge in [0.15, 0.2) is 6.10 Å². The molecule has 0 saturated carbocycles. The summed E-state index contributed by atoms with van der Waals surface area (Å²) < 4.78 is 45.1. The van der Waals surface area contributed by atoms with Gasteiger partial charge in [-0.15, -0.1) is 0 Å². The minimum atomic E-state index is -4.63. The van der Waals surface area contributed by atoms with Crippen molar-refractivity contribution < 1.29 is 76.6 Å². The fourth-order valence-corrected chi connectivity index (χ4v) is 7.55. The van der Waals surface area contributed by atoms with Crippen molar-refractivity contribution in [2.45, 2.75) is 219 Å². The van der Waals surface area contributed by atoms with Crippen molar-refractivity contribution in [3.8, 4) is 0 Å². The molecule has 13 heteroatoms. The third-order valence-electron chi connectivity index (χ3n) is 10.6. The molecule has 4 unspecified atom stereocenters. The molecule has 1 fully saturated rings. The Morgan fingerprint density at radius 1 is 0.643 bits per heavy atom. The normalized spacial score (nSPS) is 17.1. The third kappa shape index (κ3) is 33.7. The van der Waals surface area contributed by atoms with Gasteiger partial charge in [0, 0.05) is 19.4 Å². The Labute approximate surface area is 365 Å². The van der Waals surface area contributed by atoms with Gasteiger partial charge < -0.3 is 37.8 Å². The molecular formula is C43H83NNaO10P. The summed E-state index contributed by atoms with van der Waals surface area (Å²) in [5.41, 5.74) is 0. The number of hydrogen-bond donors (Lipinski definition) is 0. The van der Waals surface area contributed by atoms with Gasteiger partial charge in [-0.3, -0.25) is 14.2 Å². The summed E-state index contributed by atoms with van der Waals surface area (Å²) in [7, 11) is -2.78. The quantitative estimate of drug-likeness (QED) is 0.0262. The summed E-state index contributed by atoms with van der Waals surface area (Å²) in [6.07, 6.45) is 30.0. The first-order valence-corrected chi connectivity index (χ1v) is 24.0. The Balaban J connectivity index is 0.0000302. The number of likely N-dealkylation sites (N-methyl/N-ethyl adjacent to an activating group) is 1. The van der Waals surface area contributed by atoms with E-state index in [0.717, 1.165) is 64.3 Å². The second-order valence-electron chi connectivity index (χ2n) is 15.7. The second kappa shape index (κ2) is 39.1. The molecule has 1 rings (SSSR count). The van der Waals surface area contributed by atoms with Crippen LogP contribution in [0.5, 0.6) is 0 Å². The molecule has 0 aromatic heterocycles. The maximum atomic E-state index is 12.7. The smallest absolute Gasteiger partial charge is 0.756 e. The first-order valence-electron chi connectivity index (χ1n) is 22.6. The number of phosphoric ester groups is 1. The van der Waals surface area contributed by atoms with Crippen LogP contribution < -0.4 is 34.5 Å². The maximum Gasteiger partial charge on any atom is 1.00 e. The first-order chi connectivity index (χ1) is 26.7. The van der Waals surface area contributed by atoms with Gasteiger partial charge in [-0.1, -0.05) is 162 Å². The fraction of sp³-hybridized carbons (Fsp3) is 0.953. The van der Waals surface area contributed by atoms with Crippen LogP contribution in [-0.4, -0.2) is 81.9 Å². The Morgan fingerprint density at radius 3 is 1.54 bits per heavy atom. The van der Waals surface area contributed by atoms with Crippen molar-refractivity contribution in [1.82, 2.24) is 4.90 Å². The molecule has 0 aromatic carbocycles. The third-order valence-corrected chi connectivity index (χ3v) is 11.5. The minimum absolute atomic E-state index is 0. The van der Waals surface area contributed by atoms with Crippen LogP contribution >= 0.6 is 7.82 Å². The van der Waals surface area contributed by atoms with Crippen LogP contribution in [0.4, 0.5) is 0 Å². The Morgan fingerprint density at radius 2 is 1.07 bits per heavy atom. The van der Waals surface area contributed by atoms with E-state index in [1.165, 1.54) is 103 Å². The van der Waals surface area contributed by atoms with Crippen LogP contribution in [0.3, 0.4) is 0 Å². The molecule has 11 nitrogen and oxygen atoms in total. The predicted octanol–water partition coefficient (Wildman–Crippen LogP) is 7.60. The summed E-state index contributed by atoms with van der Waals surface area (Å²) in [6.45, 7) is 7.22. The van der Waals surface area contributed by atoms with E-state index in [2.05, 4.69) is 13.8 Å². The predicted molar refractivity (Wildman–Crippen MR) is 219 cm³/mol. The van der Waals surface area contributed by atoms with Crippen LogP contribution in [0.15, 0.2) is 0 Å². The van der Waals surface area contributed by atoms with Crippen molar-refractivity contribution in [2.75, 3.05) is 46.8 Å². The molecule has 0 aromatic rings. The van der Waals surface area contributed by atoms with Crippen molar-refractivity contribution in [3.63, 3.8) is 0 Å². The Bertz CT molecular complexity index is 964. The molecule has 0 aliphatic carbocycles. The molecular weight excluding hydrogens is 744 g/mol. The van der Waals surface area contributed by atoms with Gasteiger partial charge in [-0.05, 0) is 39.3 Å². The van der Waals surface area contributed by atoms with E-state index in [4.69, 9.17) is 28.0 Å². The second-order valence-corrected chi connectivity index (χ2v) is 17.1. The van der Waals surface area contributed by atoms with Gasteiger partial charge in [-0.2, -0.15) is 0 Å². The zero-order valence-electron chi connectivity index (χ0n) is 36.8. The molecule has 0 spiro atoms. The summed E-state index contributed by atoms with van der Waals surface area (Å²) in [5, 5.41) is 0. The van der Waals surface area contributed by atoms with E-state index >= 15 is 0 Å².